The third-order valence-corrected chi connectivity index (χ3v) is 7.19. The van der Waals surface area contributed by atoms with E-state index in [2.05, 4.69) is 10.3 Å². The number of hydrogen-bond donors (Lipinski definition) is 6. The van der Waals surface area contributed by atoms with Crippen LogP contribution in [-0.4, -0.2) is 69.5 Å². The number of aryl methyl sites for hydroxylation is 1. The van der Waals surface area contributed by atoms with Crippen molar-refractivity contribution in [1.82, 2.24) is 0 Å². The molecule has 0 bridgehead atoms. The van der Waals surface area contributed by atoms with Gasteiger partial charge in [0, 0.05) is 25.3 Å². The van der Waals surface area contributed by atoms with Crippen molar-refractivity contribution in [1.29, 1.82) is 0 Å². The summed E-state index contributed by atoms with van der Waals surface area (Å²) in [6.45, 7) is 3.45. The van der Waals surface area contributed by atoms with Crippen molar-refractivity contribution in [3.05, 3.63) is 59.2 Å². The zero-order valence-electron chi connectivity index (χ0n) is 24.6. The maximum Gasteiger partial charge on any atom is 0.338 e. The van der Waals surface area contributed by atoms with Gasteiger partial charge in [-0.05, 0) is 85.9 Å². The Hall–Kier alpha value is -3.88. The Balaban J connectivity index is 0.000000455. The minimum absolute atomic E-state index is 0.138. The standard InChI is InChI=1S/C23H29NO6S.C6H14N4O2/c1-3-29-22(23(25)26)13-16-5-9-20(10-6-16)24-15-17-4-7-19-14-21(30-31(2,27)28)11-8-18(19)12-17;7-4(5(11)12)2-1-3-10-6(8)9/h5-6,8-11,14,17,22,24H,3-4,7,12-13,15H2,1-2H3,(H,25,26);4H,1-3,7H2,(H,11,12)(H4,8,9,10). The monoisotopic (exact) mass is 621 g/mol. The first kappa shape index (κ1) is 35.3. The molecule has 1 aliphatic rings. The molecule has 3 unspecified atom stereocenters. The molecule has 13 nitrogen and oxygen atoms in total. The van der Waals surface area contributed by atoms with Gasteiger partial charge in [0.25, 0.3) is 0 Å². The Kier molecular flexibility index (Phi) is 14.2. The van der Waals surface area contributed by atoms with Crippen LogP contribution in [0.2, 0.25) is 0 Å². The van der Waals surface area contributed by atoms with E-state index in [1.807, 2.05) is 36.4 Å². The minimum Gasteiger partial charge on any atom is -0.547 e. The topological polar surface area (TPSA) is 234 Å². The summed E-state index contributed by atoms with van der Waals surface area (Å²) in [7, 11) is -3.52. The van der Waals surface area contributed by atoms with Crippen molar-refractivity contribution < 1.29 is 42.1 Å². The highest BCUT2D eigenvalue weighted by Crippen LogP contribution is 2.29. The minimum atomic E-state index is -3.52. The largest absolute Gasteiger partial charge is 0.547 e. The van der Waals surface area contributed by atoms with Crippen molar-refractivity contribution >= 4 is 33.7 Å². The van der Waals surface area contributed by atoms with Crippen LogP contribution in [0.3, 0.4) is 0 Å². The summed E-state index contributed by atoms with van der Waals surface area (Å²) in [6, 6.07) is 12.4. The summed E-state index contributed by atoms with van der Waals surface area (Å²) in [6.07, 6.45) is 4.23. The SMILES string of the molecule is CCOC(Cc1ccc(NCC2CCc3cc(OS(C)(=O)=O)ccc3C2)cc1)C(=O)[O-].NC(N)=[NH+]CCCC(N)C(=O)O. The lowest BCUT2D eigenvalue weighted by Crippen LogP contribution is -2.78. The van der Waals surface area contributed by atoms with Gasteiger partial charge in [0.15, 0.2) is 0 Å². The normalized spacial score (nSPS) is 15.6. The van der Waals surface area contributed by atoms with Crippen molar-refractivity contribution in [2.45, 2.75) is 57.6 Å². The molecule has 2 aromatic rings. The fourth-order valence-corrected chi connectivity index (χ4v) is 4.99. The molecule has 0 spiro atoms. The molecular formula is C29H43N5O8S. The van der Waals surface area contributed by atoms with E-state index in [1.54, 1.807) is 13.0 Å². The molecule has 0 amide bonds. The fraction of sp³-hybridized carbons (Fsp3) is 0.483. The molecule has 1 aliphatic carbocycles. The van der Waals surface area contributed by atoms with Crippen LogP contribution in [-0.2, 0) is 43.7 Å². The van der Waals surface area contributed by atoms with E-state index < -0.39 is 34.2 Å². The molecule has 14 heteroatoms. The summed E-state index contributed by atoms with van der Waals surface area (Å²) in [5.41, 5.74) is 19.7. The summed E-state index contributed by atoms with van der Waals surface area (Å²) < 4.78 is 32.8. The first-order chi connectivity index (χ1) is 20.3. The Morgan fingerprint density at radius 1 is 1.16 bits per heavy atom. The Morgan fingerprint density at radius 2 is 1.86 bits per heavy atom. The third-order valence-electron chi connectivity index (χ3n) is 6.69. The predicted octanol–water partition coefficient (Wildman–Crippen LogP) is -1.53. The van der Waals surface area contributed by atoms with Gasteiger partial charge in [-0.25, -0.2) is 0 Å². The lowest BCUT2D eigenvalue weighted by molar-refractivity contribution is -0.459. The number of carbonyl (C=O) groups is 2. The zero-order chi connectivity index (χ0) is 32.0. The van der Waals surface area contributed by atoms with E-state index in [0.717, 1.165) is 48.9 Å². The number of rotatable bonds is 15. The highest BCUT2D eigenvalue weighted by molar-refractivity contribution is 7.86. The van der Waals surface area contributed by atoms with Crippen molar-refractivity contribution in [3.63, 3.8) is 0 Å². The average molecular weight is 622 g/mol. The van der Waals surface area contributed by atoms with Gasteiger partial charge < -0.3 is 35.0 Å². The highest BCUT2D eigenvalue weighted by Gasteiger charge is 2.20. The van der Waals surface area contributed by atoms with Gasteiger partial charge in [-0.2, -0.15) is 8.42 Å². The number of carboxylic acid groups (broad SMARTS) is 2. The van der Waals surface area contributed by atoms with Gasteiger partial charge in [0.1, 0.15) is 17.9 Å². The van der Waals surface area contributed by atoms with E-state index in [4.69, 9.17) is 31.2 Å². The number of guanidine groups is 1. The van der Waals surface area contributed by atoms with Crippen LogP contribution in [0, 0.1) is 5.92 Å². The fourth-order valence-electron chi connectivity index (χ4n) is 4.53. The Morgan fingerprint density at radius 3 is 2.44 bits per heavy atom. The van der Waals surface area contributed by atoms with Crippen LogP contribution in [0.1, 0.15) is 42.9 Å². The molecule has 3 rings (SSSR count). The molecule has 0 fully saturated rings. The molecule has 3 atom stereocenters. The second kappa shape index (κ2) is 17.3. The number of nitrogens with two attached hydrogens (primary N) is 3. The van der Waals surface area contributed by atoms with E-state index in [0.29, 0.717) is 37.7 Å². The summed E-state index contributed by atoms with van der Waals surface area (Å²) in [4.78, 5) is 24.0. The molecule has 0 radical (unpaired) electrons. The maximum atomic E-state index is 11.3. The second-order valence-corrected chi connectivity index (χ2v) is 11.9. The molecular weight excluding hydrogens is 578 g/mol. The van der Waals surface area contributed by atoms with Crippen molar-refractivity contribution in [3.8, 4) is 5.75 Å². The molecule has 0 aliphatic heterocycles. The van der Waals surface area contributed by atoms with Crippen LogP contribution in [0.4, 0.5) is 5.69 Å². The van der Waals surface area contributed by atoms with Gasteiger partial charge in [-0.15, -0.1) is 0 Å². The van der Waals surface area contributed by atoms with Crippen molar-refractivity contribution in [2.75, 3.05) is 31.3 Å². The smallest absolute Gasteiger partial charge is 0.338 e. The number of nitrogens with one attached hydrogen (secondary N) is 2. The van der Waals surface area contributed by atoms with E-state index in [1.165, 1.54) is 5.56 Å². The Bertz CT molecular complexity index is 1330. The molecule has 0 heterocycles. The molecule has 9 N–H and O–H groups in total. The molecule has 238 valence electrons. The van der Waals surface area contributed by atoms with Crippen LogP contribution in [0.15, 0.2) is 42.5 Å². The lowest BCUT2D eigenvalue weighted by Gasteiger charge is -2.25. The number of fused-ring (bicyclic) bond motifs is 1. The van der Waals surface area contributed by atoms with Crippen LogP contribution in [0.5, 0.6) is 5.75 Å². The summed E-state index contributed by atoms with van der Waals surface area (Å²) >= 11 is 0. The number of ether oxygens (including phenoxy) is 1. The van der Waals surface area contributed by atoms with Crippen LogP contribution in [0.25, 0.3) is 0 Å². The van der Waals surface area contributed by atoms with Crippen molar-refractivity contribution in [2.24, 2.45) is 23.1 Å². The third kappa shape index (κ3) is 13.8. The highest BCUT2D eigenvalue weighted by atomic mass is 32.2. The average Bonchev–Trinajstić information content (AvgIpc) is 2.93. The molecule has 0 saturated heterocycles. The molecule has 2 aromatic carbocycles. The quantitative estimate of drug-likeness (QED) is 0.0575. The maximum absolute atomic E-state index is 11.3. The van der Waals surface area contributed by atoms with Gasteiger partial charge in [-0.1, -0.05) is 18.2 Å². The number of aliphatic carboxylic acids is 2. The number of anilines is 1. The number of carboxylic acids is 2. The number of hydrogen-bond acceptors (Lipinski definition) is 9. The lowest BCUT2D eigenvalue weighted by atomic mass is 9.84. The predicted molar refractivity (Wildman–Crippen MR) is 161 cm³/mol. The van der Waals surface area contributed by atoms with E-state index in [9.17, 15) is 23.1 Å². The first-order valence-electron chi connectivity index (χ1n) is 14.0. The first-order valence-corrected chi connectivity index (χ1v) is 15.9. The molecule has 0 aromatic heterocycles. The van der Waals surface area contributed by atoms with Crippen LogP contribution < -0.4 is 36.8 Å². The van der Waals surface area contributed by atoms with E-state index >= 15 is 0 Å². The molecule has 43 heavy (non-hydrogen) atoms. The van der Waals surface area contributed by atoms with Gasteiger partial charge in [0.05, 0.1) is 18.8 Å². The number of carbonyl (C=O) groups excluding carboxylic acids is 1. The van der Waals surface area contributed by atoms with Gasteiger partial charge in [-0.3, -0.25) is 21.3 Å². The van der Waals surface area contributed by atoms with E-state index in [-0.39, 0.29) is 12.4 Å². The number of benzene rings is 2. The summed E-state index contributed by atoms with van der Waals surface area (Å²) in [5, 5.41) is 23.0. The van der Waals surface area contributed by atoms with Gasteiger partial charge >= 0.3 is 22.0 Å². The molecule has 0 saturated carbocycles. The van der Waals surface area contributed by atoms with Crippen LogP contribution >= 0.6 is 0 Å². The van der Waals surface area contributed by atoms with Gasteiger partial charge in [0.2, 0.25) is 0 Å². The zero-order valence-corrected chi connectivity index (χ0v) is 25.4. The summed E-state index contributed by atoms with van der Waals surface area (Å²) in [5.74, 6) is -1.22. The second-order valence-electron chi connectivity index (χ2n) is 10.3. The Labute approximate surface area is 252 Å².